The first-order chi connectivity index (χ1) is 3.93. The normalized spacial score (nSPS) is 9.12. The predicted molar refractivity (Wildman–Crippen MR) is 36.0 cm³/mol. The molecule has 0 saturated heterocycles. The van der Waals surface area contributed by atoms with Crippen molar-refractivity contribution in [2.24, 2.45) is 0 Å². The highest BCUT2D eigenvalue weighted by atomic mass is 32.1. The Labute approximate surface area is 53.3 Å². The average molecular weight is 125 g/mol. The van der Waals surface area contributed by atoms with Gasteiger partial charge >= 0.3 is 0 Å². The third-order valence-corrected chi connectivity index (χ3v) is 1.77. The topological polar surface area (TPSA) is 20.2 Å². The Hall–Kier alpha value is -0.275. The molecule has 0 spiro atoms. The largest absolute Gasteiger partial charge is 0.454 e. The highest BCUT2D eigenvalue weighted by Gasteiger charge is 1.90. The van der Waals surface area contributed by atoms with Gasteiger partial charge in [0.05, 0.1) is 0 Å². The molecule has 0 aliphatic carbocycles. The van der Waals surface area contributed by atoms with E-state index < -0.39 is 0 Å². The smallest absolute Gasteiger partial charge is 0.292 e. The molecule has 0 unspecified atom stereocenters. The SMILES string of the molecule is O[B]Cc1cccs1. The Kier molecular flexibility index (Phi) is 2.12. The predicted octanol–water partition coefficient (Wildman–Crippen LogP) is 0.860. The third-order valence-electron chi connectivity index (χ3n) is 0.873. The van der Waals surface area contributed by atoms with Gasteiger partial charge in [0.25, 0.3) is 7.48 Å². The van der Waals surface area contributed by atoms with Crippen molar-refractivity contribution in [3.63, 3.8) is 0 Å². The minimum absolute atomic E-state index is 0.678. The van der Waals surface area contributed by atoms with Crippen molar-refractivity contribution in [1.82, 2.24) is 0 Å². The molecule has 0 saturated carbocycles. The zero-order valence-electron chi connectivity index (χ0n) is 4.37. The van der Waals surface area contributed by atoms with E-state index in [0.717, 1.165) is 0 Å². The molecule has 0 aliphatic heterocycles. The van der Waals surface area contributed by atoms with Crippen molar-refractivity contribution in [2.45, 2.75) is 6.32 Å². The lowest BCUT2D eigenvalue weighted by Crippen LogP contribution is -1.90. The zero-order valence-corrected chi connectivity index (χ0v) is 5.19. The fourth-order valence-corrected chi connectivity index (χ4v) is 1.18. The van der Waals surface area contributed by atoms with Gasteiger partial charge in [0.2, 0.25) is 0 Å². The van der Waals surface area contributed by atoms with Crippen LogP contribution in [-0.4, -0.2) is 12.5 Å². The Morgan fingerprint density at radius 2 is 2.62 bits per heavy atom. The lowest BCUT2D eigenvalue weighted by atomic mass is 9.95. The van der Waals surface area contributed by atoms with E-state index in [9.17, 15) is 0 Å². The number of thiophene rings is 1. The summed E-state index contributed by atoms with van der Waals surface area (Å²) in [5.41, 5.74) is 0. The summed E-state index contributed by atoms with van der Waals surface area (Å²) < 4.78 is 0. The highest BCUT2D eigenvalue weighted by Crippen LogP contribution is 2.07. The quantitative estimate of drug-likeness (QED) is 0.581. The molecule has 0 bridgehead atoms. The summed E-state index contributed by atoms with van der Waals surface area (Å²) in [6.45, 7) is 0. The molecule has 1 N–H and O–H groups in total. The van der Waals surface area contributed by atoms with Crippen LogP contribution in [0.25, 0.3) is 0 Å². The first-order valence-electron chi connectivity index (χ1n) is 2.42. The summed E-state index contributed by atoms with van der Waals surface area (Å²) in [5, 5.41) is 10.3. The molecular formula is C5H6BOS. The van der Waals surface area contributed by atoms with Gasteiger partial charge in [-0.3, -0.25) is 0 Å². The monoisotopic (exact) mass is 125 g/mol. The Morgan fingerprint density at radius 1 is 1.75 bits per heavy atom. The molecule has 1 nitrogen and oxygen atoms in total. The van der Waals surface area contributed by atoms with E-state index in [1.165, 1.54) is 12.4 Å². The summed E-state index contributed by atoms with van der Waals surface area (Å²) in [5.74, 6) is 0. The Balaban J connectivity index is 2.50. The summed E-state index contributed by atoms with van der Waals surface area (Å²) in [6.07, 6.45) is 0.678. The molecule has 8 heavy (non-hydrogen) atoms. The fraction of sp³-hybridized carbons (Fsp3) is 0.200. The molecule has 0 aliphatic rings. The van der Waals surface area contributed by atoms with Crippen molar-refractivity contribution in [3.8, 4) is 0 Å². The van der Waals surface area contributed by atoms with E-state index in [4.69, 9.17) is 5.02 Å². The second-order valence-corrected chi connectivity index (χ2v) is 2.50. The van der Waals surface area contributed by atoms with Gasteiger partial charge in [0.15, 0.2) is 0 Å². The number of hydrogen-bond acceptors (Lipinski definition) is 2. The van der Waals surface area contributed by atoms with Crippen molar-refractivity contribution in [3.05, 3.63) is 22.4 Å². The molecule has 1 rings (SSSR count). The molecule has 1 radical (unpaired) electrons. The Bertz CT molecular complexity index is 138. The van der Waals surface area contributed by atoms with Crippen molar-refractivity contribution in [2.75, 3.05) is 0 Å². The van der Waals surface area contributed by atoms with Gasteiger partial charge in [-0.2, -0.15) is 0 Å². The molecule has 3 heteroatoms. The van der Waals surface area contributed by atoms with Crippen LogP contribution in [0.15, 0.2) is 17.5 Å². The van der Waals surface area contributed by atoms with Gasteiger partial charge in [0.1, 0.15) is 0 Å². The molecule has 0 aromatic carbocycles. The molecule has 0 amide bonds. The van der Waals surface area contributed by atoms with Crippen LogP contribution in [0.2, 0.25) is 0 Å². The molecule has 1 aromatic heterocycles. The van der Waals surface area contributed by atoms with E-state index in [1.807, 2.05) is 17.5 Å². The van der Waals surface area contributed by atoms with Crippen LogP contribution in [0.1, 0.15) is 4.88 Å². The molecule has 1 aromatic rings. The summed E-state index contributed by atoms with van der Waals surface area (Å²) in [7, 11) is 1.17. The zero-order chi connectivity index (χ0) is 5.82. The Morgan fingerprint density at radius 3 is 3.12 bits per heavy atom. The number of rotatable bonds is 2. The van der Waals surface area contributed by atoms with Crippen LogP contribution in [-0.2, 0) is 6.32 Å². The molecule has 1 heterocycles. The summed E-state index contributed by atoms with van der Waals surface area (Å²) in [4.78, 5) is 1.20. The first kappa shape index (κ1) is 5.85. The van der Waals surface area contributed by atoms with Crippen LogP contribution in [0.3, 0.4) is 0 Å². The third kappa shape index (κ3) is 1.35. The van der Waals surface area contributed by atoms with Gasteiger partial charge in [-0.25, -0.2) is 0 Å². The van der Waals surface area contributed by atoms with Gasteiger partial charge in [0, 0.05) is 0 Å². The van der Waals surface area contributed by atoms with Crippen LogP contribution in [0.4, 0.5) is 0 Å². The molecule has 41 valence electrons. The lowest BCUT2D eigenvalue weighted by molar-refractivity contribution is 0.601. The van der Waals surface area contributed by atoms with Crippen LogP contribution < -0.4 is 0 Å². The van der Waals surface area contributed by atoms with E-state index in [1.54, 1.807) is 11.3 Å². The maximum absolute atomic E-state index is 8.32. The van der Waals surface area contributed by atoms with Gasteiger partial charge in [-0.05, 0) is 22.6 Å². The molecule has 0 fully saturated rings. The van der Waals surface area contributed by atoms with Crippen molar-refractivity contribution in [1.29, 1.82) is 0 Å². The van der Waals surface area contributed by atoms with E-state index >= 15 is 0 Å². The van der Waals surface area contributed by atoms with E-state index in [0.29, 0.717) is 6.32 Å². The van der Waals surface area contributed by atoms with Crippen molar-refractivity contribution < 1.29 is 5.02 Å². The van der Waals surface area contributed by atoms with E-state index in [-0.39, 0.29) is 0 Å². The summed E-state index contributed by atoms with van der Waals surface area (Å²) in [6, 6.07) is 3.97. The van der Waals surface area contributed by atoms with E-state index in [2.05, 4.69) is 0 Å². The molecule has 0 atom stereocenters. The standard InChI is InChI=1S/C5H6BOS/c7-6-4-5-2-1-3-8-5/h1-3,7H,4H2. The number of hydrogen-bond donors (Lipinski definition) is 1. The van der Waals surface area contributed by atoms with Gasteiger partial charge in [-0.15, -0.1) is 11.3 Å². The minimum atomic E-state index is 0.678. The van der Waals surface area contributed by atoms with Crippen molar-refractivity contribution >= 4 is 18.8 Å². The van der Waals surface area contributed by atoms with Gasteiger partial charge < -0.3 is 5.02 Å². The maximum Gasteiger partial charge on any atom is 0.292 e. The lowest BCUT2D eigenvalue weighted by Gasteiger charge is -1.82. The molecular weight excluding hydrogens is 119 g/mol. The van der Waals surface area contributed by atoms with Crippen LogP contribution in [0.5, 0.6) is 0 Å². The minimum Gasteiger partial charge on any atom is -0.454 e. The van der Waals surface area contributed by atoms with Crippen LogP contribution >= 0.6 is 11.3 Å². The first-order valence-corrected chi connectivity index (χ1v) is 3.29. The highest BCUT2D eigenvalue weighted by molar-refractivity contribution is 7.10. The van der Waals surface area contributed by atoms with Gasteiger partial charge in [-0.1, -0.05) is 6.07 Å². The fourth-order valence-electron chi connectivity index (χ4n) is 0.519. The summed E-state index contributed by atoms with van der Waals surface area (Å²) >= 11 is 1.66. The maximum atomic E-state index is 8.32. The van der Waals surface area contributed by atoms with Crippen LogP contribution in [0, 0.1) is 0 Å². The second-order valence-electron chi connectivity index (χ2n) is 1.47. The second kappa shape index (κ2) is 2.90. The average Bonchev–Trinajstić information content (AvgIpc) is 2.19.